The van der Waals surface area contributed by atoms with Crippen LogP contribution in [0.4, 0.5) is 0 Å². The Morgan fingerprint density at radius 1 is 1.26 bits per heavy atom. The van der Waals surface area contributed by atoms with Crippen LogP contribution in [0.25, 0.3) is 0 Å². The van der Waals surface area contributed by atoms with Gasteiger partial charge < -0.3 is 5.32 Å². The SMILES string of the molecule is NS(=O)(=O)c1ccc(CCC(=O)NCC2CC2)cc1. The fourth-order valence-corrected chi connectivity index (χ4v) is 2.29. The van der Waals surface area contributed by atoms with E-state index in [0.29, 0.717) is 18.8 Å². The highest BCUT2D eigenvalue weighted by atomic mass is 32.2. The molecule has 0 unspecified atom stereocenters. The summed E-state index contributed by atoms with van der Waals surface area (Å²) in [6, 6.07) is 6.31. The smallest absolute Gasteiger partial charge is 0.238 e. The van der Waals surface area contributed by atoms with E-state index in [4.69, 9.17) is 5.14 Å². The molecule has 1 saturated carbocycles. The second-order valence-corrected chi connectivity index (χ2v) is 6.50. The van der Waals surface area contributed by atoms with E-state index in [9.17, 15) is 13.2 Å². The quantitative estimate of drug-likeness (QED) is 0.808. The van der Waals surface area contributed by atoms with Gasteiger partial charge in [0.25, 0.3) is 0 Å². The molecule has 1 aromatic rings. The summed E-state index contributed by atoms with van der Waals surface area (Å²) in [4.78, 5) is 11.6. The number of nitrogens with one attached hydrogen (secondary N) is 1. The molecule has 0 saturated heterocycles. The molecule has 0 atom stereocenters. The van der Waals surface area contributed by atoms with E-state index in [1.54, 1.807) is 12.1 Å². The van der Waals surface area contributed by atoms with Crippen LogP contribution in [0, 0.1) is 5.92 Å². The molecule has 3 N–H and O–H groups in total. The molecule has 6 heteroatoms. The molecule has 1 fully saturated rings. The van der Waals surface area contributed by atoms with Crippen molar-refractivity contribution in [3.05, 3.63) is 29.8 Å². The fraction of sp³-hybridized carbons (Fsp3) is 0.462. The number of sulfonamides is 1. The summed E-state index contributed by atoms with van der Waals surface area (Å²) in [6.45, 7) is 0.781. The summed E-state index contributed by atoms with van der Waals surface area (Å²) >= 11 is 0. The largest absolute Gasteiger partial charge is 0.356 e. The third kappa shape index (κ3) is 4.65. The van der Waals surface area contributed by atoms with Crippen molar-refractivity contribution in [2.75, 3.05) is 6.54 Å². The van der Waals surface area contributed by atoms with Gasteiger partial charge in [-0.1, -0.05) is 12.1 Å². The number of carbonyl (C=O) groups is 1. The van der Waals surface area contributed by atoms with E-state index in [2.05, 4.69) is 5.32 Å². The first kappa shape index (κ1) is 14.0. The van der Waals surface area contributed by atoms with Crippen molar-refractivity contribution < 1.29 is 13.2 Å². The first-order valence-corrected chi connectivity index (χ1v) is 7.88. The van der Waals surface area contributed by atoms with E-state index in [1.807, 2.05) is 0 Å². The number of amides is 1. The summed E-state index contributed by atoms with van der Waals surface area (Å²) in [7, 11) is -3.64. The van der Waals surface area contributed by atoms with Gasteiger partial charge >= 0.3 is 0 Å². The van der Waals surface area contributed by atoms with Crippen LogP contribution in [0.15, 0.2) is 29.2 Å². The average Bonchev–Trinajstić information content (AvgIpc) is 3.17. The van der Waals surface area contributed by atoms with Gasteiger partial charge in [-0.3, -0.25) is 4.79 Å². The number of rotatable bonds is 6. The normalized spacial score (nSPS) is 15.2. The summed E-state index contributed by atoms with van der Waals surface area (Å²) in [5.74, 6) is 0.723. The first-order chi connectivity index (χ1) is 8.95. The third-order valence-corrected chi connectivity index (χ3v) is 4.11. The molecule has 19 heavy (non-hydrogen) atoms. The van der Waals surface area contributed by atoms with E-state index < -0.39 is 10.0 Å². The Morgan fingerprint density at radius 3 is 2.42 bits per heavy atom. The van der Waals surface area contributed by atoms with Gasteiger partial charge in [-0.15, -0.1) is 0 Å². The summed E-state index contributed by atoms with van der Waals surface area (Å²) in [5, 5.41) is 7.91. The van der Waals surface area contributed by atoms with Crippen molar-refractivity contribution in [3.8, 4) is 0 Å². The lowest BCUT2D eigenvalue weighted by Gasteiger charge is -2.05. The molecule has 0 aliphatic heterocycles. The summed E-state index contributed by atoms with van der Waals surface area (Å²) in [6.07, 6.45) is 3.45. The van der Waals surface area contributed by atoms with E-state index in [-0.39, 0.29) is 10.8 Å². The number of hydrogen-bond donors (Lipinski definition) is 2. The van der Waals surface area contributed by atoms with Crippen LogP contribution in [-0.4, -0.2) is 20.9 Å². The van der Waals surface area contributed by atoms with Crippen LogP contribution in [-0.2, 0) is 21.2 Å². The fourth-order valence-electron chi connectivity index (χ4n) is 1.77. The predicted octanol–water partition coefficient (Wildman–Crippen LogP) is 0.793. The van der Waals surface area contributed by atoms with Crippen molar-refractivity contribution in [1.82, 2.24) is 5.32 Å². The molecule has 0 bridgehead atoms. The second-order valence-electron chi connectivity index (χ2n) is 4.94. The van der Waals surface area contributed by atoms with E-state index >= 15 is 0 Å². The lowest BCUT2D eigenvalue weighted by atomic mass is 10.1. The Kier molecular flexibility index (Phi) is 4.21. The average molecular weight is 282 g/mol. The van der Waals surface area contributed by atoms with Gasteiger partial charge in [-0.2, -0.15) is 0 Å². The highest BCUT2D eigenvalue weighted by molar-refractivity contribution is 7.89. The molecule has 2 rings (SSSR count). The summed E-state index contributed by atoms with van der Waals surface area (Å²) < 4.78 is 22.2. The molecule has 1 amide bonds. The molecule has 0 radical (unpaired) electrons. The van der Waals surface area contributed by atoms with Crippen molar-refractivity contribution in [2.24, 2.45) is 11.1 Å². The molecule has 0 spiro atoms. The number of carbonyl (C=O) groups excluding carboxylic acids is 1. The first-order valence-electron chi connectivity index (χ1n) is 6.33. The number of hydrogen-bond acceptors (Lipinski definition) is 3. The Morgan fingerprint density at radius 2 is 1.89 bits per heavy atom. The van der Waals surface area contributed by atoms with Crippen molar-refractivity contribution in [3.63, 3.8) is 0 Å². The molecule has 1 aliphatic rings. The van der Waals surface area contributed by atoms with Crippen LogP contribution < -0.4 is 10.5 Å². The van der Waals surface area contributed by atoms with Gasteiger partial charge in [-0.25, -0.2) is 13.6 Å². The number of nitrogens with two attached hydrogens (primary N) is 1. The minimum absolute atomic E-state index is 0.0439. The molecule has 104 valence electrons. The molecular weight excluding hydrogens is 264 g/mol. The van der Waals surface area contributed by atoms with E-state index in [1.165, 1.54) is 25.0 Å². The topological polar surface area (TPSA) is 89.3 Å². The zero-order valence-corrected chi connectivity index (χ0v) is 11.4. The van der Waals surface area contributed by atoms with Crippen molar-refractivity contribution in [2.45, 2.75) is 30.6 Å². The van der Waals surface area contributed by atoms with Gasteiger partial charge in [0.2, 0.25) is 15.9 Å². The standard InChI is InChI=1S/C13H18N2O3S/c14-19(17,18)12-6-3-10(4-7-12)5-8-13(16)15-9-11-1-2-11/h3-4,6-7,11H,1-2,5,8-9H2,(H,15,16)(H2,14,17,18). The molecule has 5 nitrogen and oxygen atoms in total. The highest BCUT2D eigenvalue weighted by Gasteiger charge is 2.21. The van der Waals surface area contributed by atoms with Gasteiger partial charge in [0.1, 0.15) is 0 Å². The van der Waals surface area contributed by atoms with Crippen LogP contribution in [0.5, 0.6) is 0 Å². The number of aryl methyl sites for hydroxylation is 1. The highest BCUT2D eigenvalue weighted by Crippen LogP contribution is 2.27. The lowest BCUT2D eigenvalue weighted by Crippen LogP contribution is -2.25. The zero-order chi connectivity index (χ0) is 13.9. The maximum absolute atomic E-state index is 11.5. The van der Waals surface area contributed by atoms with Gasteiger partial charge in [-0.05, 0) is 42.9 Å². The number of primary sulfonamides is 1. The maximum atomic E-state index is 11.5. The number of benzene rings is 1. The van der Waals surface area contributed by atoms with Gasteiger partial charge in [0.15, 0.2) is 0 Å². The zero-order valence-electron chi connectivity index (χ0n) is 10.6. The monoisotopic (exact) mass is 282 g/mol. The molecule has 1 aliphatic carbocycles. The van der Waals surface area contributed by atoms with Crippen LogP contribution in [0.1, 0.15) is 24.8 Å². The minimum Gasteiger partial charge on any atom is -0.356 e. The molecular formula is C13H18N2O3S. The second kappa shape index (κ2) is 5.71. The van der Waals surface area contributed by atoms with Gasteiger partial charge in [0, 0.05) is 13.0 Å². The molecule has 0 heterocycles. The lowest BCUT2D eigenvalue weighted by molar-refractivity contribution is -0.121. The van der Waals surface area contributed by atoms with Crippen LogP contribution in [0.2, 0.25) is 0 Å². The van der Waals surface area contributed by atoms with Crippen molar-refractivity contribution in [1.29, 1.82) is 0 Å². The predicted molar refractivity (Wildman–Crippen MR) is 71.9 cm³/mol. The Balaban J connectivity index is 1.80. The van der Waals surface area contributed by atoms with Crippen LogP contribution >= 0.6 is 0 Å². The maximum Gasteiger partial charge on any atom is 0.238 e. The van der Waals surface area contributed by atoms with E-state index in [0.717, 1.165) is 12.1 Å². The Bertz CT molecular complexity index is 548. The molecule has 0 aromatic heterocycles. The Hall–Kier alpha value is -1.40. The Labute approximate surface area is 113 Å². The van der Waals surface area contributed by atoms with Crippen molar-refractivity contribution >= 4 is 15.9 Å². The summed E-state index contributed by atoms with van der Waals surface area (Å²) in [5.41, 5.74) is 0.925. The third-order valence-electron chi connectivity index (χ3n) is 3.18. The molecule has 1 aromatic carbocycles. The minimum atomic E-state index is -3.64. The van der Waals surface area contributed by atoms with Gasteiger partial charge in [0.05, 0.1) is 4.90 Å². The van der Waals surface area contributed by atoms with Crippen LogP contribution in [0.3, 0.4) is 0 Å².